The molecule has 0 aliphatic carbocycles. The Morgan fingerprint density at radius 3 is 2.94 bits per heavy atom. The Morgan fingerprint density at radius 1 is 1.50 bits per heavy atom. The number of hydrogen-bond donors (Lipinski definition) is 1. The number of ether oxygens (including phenoxy) is 1. The Bertz CT molecular complexity index is 261. The minimum atomic E-state index is -0.243. The van der Waals surface area contributed by atoms with Crippen LogP contribution in [0, 0.1) is 5.92 Å². The number of rotatable bonds is 7. The zero-order valence-electron chi connectivity index (χ0n) is 11.7. The second kappa shape index (κ2) is 9.11. The van der Waals surface area contributed by atoms with Crippen LogP contribution in [0.15, 0.2) is 12.2 Å². The lowest BCUT2D eigenvalue weighted by Crippen LogP contribution is -2.38. The lowest BCUT2D eigenvalue weighted by atomic mass is 9.99. The van der Waals surface area contributed by atoms with Crippen molar-refractivity contribution < 1.29 is 9.53 Å². The maximum absolute atomic E-state index is 11.2. The monoisotopic (exact) mass is 254 g/mol. The van der Waals surface area contributed by atoms with Crippen LogP contribution in [0.2, 0.25) is 0 Å². The Kier molecular flexibility index (Phi) is 7.69. The molecule has 1 atom stereocenters. The van der Waals surface area contributed by atoms with Crippen molar-refractivity contribution in [3.8, 4) is 0 Å². The summed E-state index contributed by atoms with van der Waals surface area (Å²) in [6, 6.07) is 0. The van der Waals surface area contributed by atoms with E-state index >= 15 is 0 Å². The molecule has 0 spiro atoms. The van der Waals surface area contributed by atoms with Crippen molar-refractivity contribution in [1.82, 2.24) is 10.2 Å². The fourth-order valence-corrected chi connectivity index (χ4v) is 2.27. The highest BCUT2D eigenvalue weighted by molar-refractivity contribution is 5.81. The maximum atomic E-state index is 11.2. The van der Waals surface area contributed by atoms with Crippen molar-refractivity contribution in [2.24, 2.45) is 5.92 Å². The third kappa shape index (κ3) is 6.17. The van der Waals surface area contributed by atoms with E-state index in [0.717, 1.165) is 38.6 Å². The van der Waals surface area contributed by atoms with Crippen LogP contribution in [-0.4, -0.2) is 50.2 Å². The van der Waals surface area contributed by atoms with E-state index in [4.69, 9.17) is 4.74 Å². The number of esters is 1. The molecule has 1 aliphatic heterocycles. The van der Waals surface area contributed by atoms with E-state index in [1.54, 1.807) is 0 Å². The van der Waals surface area contributed by atoms with Crippen LogP contribution in [0.1, 0.15) is 26.7 Å². The summed E-state index contributed by atoms with van der Waals surface area (Å²) >= 11 is 0. The van der Waals surface area contributed by atoms with E-state index in [2.05, 4.69) is 17.1 Å². The van der Waals surface area contributed by atoms with Gasteiger partial charge in [0.1, 0.15) is 0 Å². The molecule has 1 heterocycles. The van der Waals surface area contributed by atoms with Crippen molar-refractivity contribution in [2.75, 3.05) is 39.3 Å². The van der Waals surface area contributed by atoms with Crippen LogP contribution in [0.3, 0.4) is 0 Å². The smallest absolute Gasteiger partial charge is 0.330 e. The second-order valence-corrected chi connectivity index (χ2v) is 4.72. The number of hydrogen-bond acceptors (Lipinski definition) is 4. The van der Waals surface area contributed by atoms with E-state index in [1.165, 1.54) is 18.9 Å². The van der Waals surface area contributed by atoms with Gasteiger partial charge in [0.05, 0.1) is 6.61 Å². The molecule has 0 aromatic heterocycles. The Labute approximate surface area is 110 Å². The molecule has 0 bridgehead atoms. The topological polar surface area (TPSA) is 41.6 Å². The first-order valence-corrected chi connectivity index (χ1v) is 7.02. The van der Waals surface area contributed by atoms with Gasteiger partial charge in [-0.25, -0.2) is 4.79 Å². The Balaban J connectivity index is 2.25. The van der Waals surface area contributed by atoms with Crippen LogP contribution in [0.5, 0.6) is 0 Å². The number of carbonyl (C=O) groups excluding carboxylic acids is 1. The maximum Gasteiger partial charge on any atom is 0.330 e. The predicted octanol–water partition coefficient (Wildman–Crippen LogP) is 1.43. The van der Waals surface area contributed by atoms with Gasteiger partial charge < -0.3 is 10.1 Å². The zero-order valence-corrected chi connectivity index (χ0v) is 11.7. The van der Waals surface area contributed by atoms with E-state index in [-0.39, 0.29) is 5.97 Å². The van der Waals surface area contributed by atoms with Crippen LogP contribution >= 0.6 is 0 Å². The van der Waals surface area contributed by atoms with Gasteiger partial charge in [0.2, 0.25) is 0 Å². The standard InChI is InChI=1S/C14H26N2O2/c1-3-16(10-6-8-14(17)18-4-2)12-13-7-5-9-15-11-13/h6,8,13,15H,3-5,7,9-12H2,1-2H3/b8-6+. The Hall–Kier alpha value is -0.870. The SMILES string of the molecule is CCOC(=O)/C=C/CN(CC)CC1CCCNC1. The lowest BCUT2D eigenvalue weighted by Gasteiger charge is -2.28. The predicted molar refractivity (Wildman–Crippen MR) is 73.5 cm³/mol. The molecular formula is C14H26N2O2. The van der Waals surface area contributed by atoms with Crippen LogP contribution in [-0.2, 0) is 9.53 Å². The molecule has 1 N–H and O–H groups in total. The first-order chi connectivity index (χ1) is 8.76. The van der Waals surface area contributed by atoms with E-state index in [9.17, 15) is 4.79 Å². The highest BCUT2D eigenvalue weighted by atomic mass is 16.5. The summed E-state index contributed by atoms with van der Waals surface area (Å²) in [6.45, 7) is 9.65. The molecule has 1 fully saturated rings. The van der Waals surface area contributed by atoms with Gasteiger partial charge >= 0.3 is 5.97 Å². The number of nitrogens with one attached hydrogen (secondary N) is 1. The van der Waals surface area contributed by atoms with Gasteiger partial charge in [-0.05, 0) is 45.3 Å². The van der Waals surface area contributed by atoms with Crippen LogP contribution in [0.25, 0.3) is 0 Å². The fourth-order valence-electron chi connectivity index (χ4n) is 2.27. The van der Waals surface area contributed by atoms with Gasteiger partial charge in [-0.15, -0.1) is 0 Å². The second-order valence-electron chi connectivity index (χ2n) is 4.72. The summed E-state index contributed by atoms with van der Waals surface area (Å²) in [5.41, 5.74) is 0. The molecule has 1 unspecified atom stereocenters. The lowest BCUT2D eigenvalue weighted by molar-refractivity contribution is -0.137. The minimum Gasteiger partial charge on any atom is -0.463 e. The Morgan fingerprint density at radius 2 is 2.33 bits per heavy atom. The van der Waals surface area contributed by atoms with Crippen molar-refractivity contribution in [1.29, 1.82) is 0 Å². The van der Waals surface area contributed by atoms with E-state index in [1.807, 2.05) is 13.0 Å². The molecule has 4 nitrogen and oxygen atoms in total. The van der Waals surface area contributed by atoms with Gasteiger partial charge in [0.25, 0.3) is 0 Å². The highest BCUT2D eigenvalue weighted by Gasteiger charge is 2.15. The summed E-state index contributed by atoms with van der Waals surface area (Å²) in [4.78, 5) is 13.5. The summed E-state index contributed by atoms with van der Waals surface area (Å²) < 4.78 is 4.85. The third-order valence-corrected chi connectivity index (χ3v) is 3.27. The summed E-state index contributed by atoms with van der Waals surface area (Å²) in [7, 11) is 0. The van der Waals surface area contributed by atoms with Gasteiger partial charge in [-0.3, -0.25) is 4.90 Å². The number of likely N-dealkylation sites (N-methyl/N-ethyl adjacent to an activating group) is 1. The quantitative estimate of drug-likeness (QED) is 0.551. The first kappa shape index (κ1) is 15.2. The molecular weight excluding hydrogens is 228 g/mol. The average Bonchev–Trinajstić information content (AvgIpc) is 2.39. The number of piperidine rings is 1. The van der Waals surface area contributed by atoms with Crippen LogP contribution in [0.4, 0.5) is 0 Å². The molecule has 0 aromatic carbocycles. The highest BCUT2D eigenvalue weighted by Crippen LogP contribution is 2.11. The van der Waals surface area contributed by atoms with Crippen molar-refractivity contribution in [3.63, 3.8) is 0 Å². The first-order valence-electron chi connectivity index (χ1n) is 7.02. The van der Waals surface area contributed by atoms with Crippen LogP contribution < -0.4 is 5.32 Å². The van der Waals surface area contributed by atoms with Crippen molar-refractivity contribution >= 4 is 5.97 Å². The normalized spacial score (nSPS) is 20.5. The molecule has 0 saturated carbocycles. The number of carbonyl (C=O) groups is 1. The molecule has 1 saturated heterocycles. The zero-order chi connectivity index (χ0) is 13.2. The molecule has 18 heavy (non-hydrogen) atoms. The molecule has 104 valence electrons. The van der Waals surface area contributed by atoms with E-state index < -0.39 is 0 Å². The molecule has 1 rings (SSSR count). The van der Waals surface area contributed by atoms with E-state index in [0.29, 0.717) is 6.61 Å². The summed E-state index contributed by atoms with van der Waals surface area (Å²) in [6.07, 6.45) is 6.02. The minimum absolute atomic E-state index is 0.243. The molecule has 4 heteroatoms. The molecule has 0 radical (unpaired) electrons. The molecule has 1 aliphatic rings. The largest absolute Gasteiger partial charge is 0.463 e. The molecule has 0 amide bonds. The van der Waals surface area contributed by atoms with Gasteiger partial charge in [0.15, 0.2) is 0 Å². The summed E-state index contributed by atoms with van der Waals surface area (Å²) in [5, 5.41) is 3.44. The fraction of sp³-hybridized carbons (Fsp3) is 0.786. The van der Waals surface area contributed by atoms with Crippen molar-refractivity contribution in [3.05, 3.63) is 12.2 Å². The van der Waals surface area contributed by atoms with Gasteiger partial charge in [0, 0.05) is 19.2 Å². The van der Waals surface area contributed by atoms with Crippen molar-refractivity contribution in [2.45, 2.75) is 26.7 Å². The van der Waals surface area contributed by atoms with Gasteiger partial charge in [-0.2, -0.15) is 0 Å². The molecule has 0 aromatic rings. The average molecular weight is 254 g/mol. The third-order valence-electron chi connectivity index (χ3n) is 3.27. The number of nitrogens with zero attached hydrogens (tertiary/aromatic N) is 1. The summed E-state index contributed by atoms with van der Waals surface area (Å²) in [5.74, 6) is 0.502. The van der Waals surface area contributed by atoms with Gasteiger partial charge in [-0.1, -0.05) is 13.0 Å².